The summed E-state index contributed by atoms with van der Waals surface area (Å²) in [7, 11) is 0. The molecule has 0 unspecified atom stereocenters. The standard InChI is InChI=1S/C18H13ClFNO2/c19-17-14(6-5-12-3-1-2-4-16(12)17)11-21-23-18(22)13-7-9-15(20)10-8-13/h1-4,7-11H,5-6H2. The highest BCUT2D eigenvalue weighted by Gasteiger charge is 2.16. The van der Waals surface area contributed by atoms with Crippen molar-refractivity contribution >= 4 is 28.8 Å². The van der Waals surface area contributed by atoms with E-state index in [-0.39, 0.29) is 5.56 Å². The molecule has 5 heteroatoms. The maximum atomic E-state index is 12.8. The maximum absolute atomic E-state index is 12.8. The molecule has 3 rings (SSSR count). The van der Waals surface area contributed by atoms with Gasteiger partial charge in [0.2, 0.25) is 0 Å². The van der Waals surface area contributed by atoms with Crippen molar-refractivity contribution in [3.8, 4) is 0 Å². The highest BCUT2D eigenvalue weighted by Crippen LogP contribution is 2.33. The van der Waals surface area contributed by atoms with Crippen molar-refractivity contribution in [3.63, 3.8) is 0 Å². The Bertz CT molecular complexity index is 797. The number of benzene rings is 2. The van der Waals surface area contributed by atoms with E-state index in [1.54, 1.807) is 0 Å². The number of carbonyl (C=O) groups excluding carboxylic acids is 1. The van der Waals surface area contributed by atoms with Gasteiger partial charge in [0.05, 0.1) is 16.8 Å². The zero-order valence-electron chi connectivity index (χ0n) is 12.1. The van der Waals surface area contributed by atoms with Gasteiger partial charge in [-0.05, 0) is 53.8 Å². The molecule has 0 N–H and O–H groups in total. The Labute approximate surface area is 138 Å². The topological polar surface area (TPSA) is 38.7 Å². The van der Waals surface area contributed by atoms with Gasteiger partial charge in [-0.15, -0.1) is 0 Å². The van der Waals surface area contributed by atoms with Gasteiger partial charge >= 0.3 is 5.97 Å². The van der Waals surface area contributed by atoms with Crippen LogP contribution < -0.4 is 0 Å². The molecule has 23 heavy (non-hydrogen) atoms. The van der Waals surface area contributed by atoms with Gasteiger partial charge in [0.1, 0.15) is 5.82 Å². The van der Waals surface area contributed by atoms with Gasteiger partial charge in [0.15, 0.2) is 0 Å². The number of rotatable bonds is 3. The fourth-order valence-electron chi connectivity index (χ4n) is 2.40. The first kappa shape index (κ1) is 15.4. The minimum absolute atomic E-state index is 0.234. The van der Waals surface area contributed by atoms with E-state index in [4.69, 9.17) is 16.4 Å². The summed E-state index contributed by atoms with van der Waals surface area (Å²) in [5.41, 5.74) is 3.22. The fraction of sp³-hybridized carbons (Fsp3) is 0.111. The third kappa shape index (κ3) is 3.48. The molecule has 0 saturated heterocycles. The molecule has 116 valence electrons. The first-order valence-corrected chi connectivity index (χ1v) is 7.50. The molecule has 0 fully saturated rings. The summed E-state index contributed by atoms with van der Waals surface area (Å²) >= 11 is 6.37. The normalized spacial score (nSPS) is 14.0. The van der Waals surface area contributed by atoms with Crippen LogP contribution in [0.15, 0.2) is 59.3 Å². The molecule has 0 heterocycles. The summed E-state index contributed by atoms with van der Waals surface area (Å²) in [6.07, 6.45) is 3.05. The summed E-state index contributed by atoms with van der Waals surface area (Å²) in [6, 6.07) is 13.0. The average molecular weight is 330 g/mol. The Kier molecular flexibility index (Phi) is 4.53. The number of carbonyl (C=O) groups is 1. The van der Waals surface area contributed by atoms with Crippen LogP contribution in [0.2, 0.25) is 0 Å². The molecular weight excluding hydrogens is 317 g/mol. The molecule has 0 amide bonds. The Morgan fingerprint density at radius 1 is 1.13 bits per heavy atom. The predicted molar refractivity (Wildman–Crippen MR) is 87.8 cm³/mol. The summed E-state index contributed by atoms with van der Waals surface area (Å²) in [5, 5.41) is 4.33. The molecule has 0 atom stereocenters. The second-order valence-corrected chi connectivity index (χ2v) is 5.49. The molecule has 0 saturated carbocycles. The molecular formula is C18H13ClFNO2. The van der Waals surface area contributed by atoms with Crippen LogP contribution in [-0.4, -0.2) is 12.2 Å². The maximum Gasteiger partial charge on any atom is 0.365 e. The molecule has 1 aliphatic carbocycles. The van der Waals surface area contributed by atoms with Gasteiger partial charge in [0.25, 0.3) is 0 Å². The smallest absolute Gasteiger partial charge is 0.313 e. The highest BCUT2D eigenvalue weighted by atomic mass is 35.5. The van der Waals surface area contributed by atoms with Crippen molar-refractivity contribution in [1.82, 2.24) is 0 Å². The van der Waals surface area contributed by atoms with Crippen LogP contribution in [0, 0.1) is 5.82 Å². The lowest BCUT2D eigenvalue weighted by molar-refractivity contribution is 0.0519. The van der Waals surface area contributed by atoms with Crippen LogP contribution in [0.5, 0.6) is 0 Å². The first-order valence-electron chi connectivity index (χ1n) is 7.12. The Morgan fingerprint density at radius 3 is 2.65 bits per heavy atom. The number of aryl methyl sites for hydroxylation is 1. The fourth-order valence-corrected chi connectivity index (χ4v) is 2.73. The zero-order valence-corrected chi connectivity index (χ0v) is 12.9. The third-order valence-electron chi connectivity index (χ3n) is 3.62. The SMILES string of the molecule is O=C(ON=CC1=C(Cl)c2ccccc2CC1)c1ccc(F)cc1. The van der Waals surface area contributed by atoms with E-state index in [0.29, 0.717) is 5.03 Å². The van der Waals surface area contributed by atoms with E-state index in [1.165, 1.54) is 36.0 Å². The number of allylic oxidation sites excluding steroid dienone is 1. The van der Waals surface area contributed by atoms with E-state index >= 15 is 0 Å². The van der Waals surface area contributed by atoms with E-state index in [9.17, 15) is 9.18 Å². The Hall–Kier alpha value is -2.46. The second-order valence-electron chi connectivity index (χ2n) is 5.12. The van der Waals surface area contributed by atoms with Gasteiger partial charge in [-0.1, -0.05) is 41.0 Å². The minimum atomic E-state index is -0.644. The molecule has 2 aromatic carbocycles. The molecule has 3 nitrogen and oxygen atoms in total. The summed E-state index contributed by atoms with van der Waals surface area (Å²) < 4.78 is 12.8. The predicted octanol–water partition coefficient (Wildman–Crippen LogP) is 4.56. The molecule has 2 aromatic rings. The molecule has 1 aliphatic rings. The molecule has 0 bridgehead atoms. The molecule has 0 aliphatic heterocycles. The van der Waals surface area contributed by atoms with E-state index in [1.807, 2.05) is 24.3 Å². The first-order chi connectivity index (χ1) is 11.1. The van der Waals surface area contributed by atoms with Crippen LogP contribution >= 0.6 is 11.6 Å². The van der Waals surface area contributed by atoms with Crippen molar-refractivity contribution in [2.24, 2.45) is 5.16 Å². The molecule has 0 aromatic heterocycles. The van der Waals surface area contributed by atoms with Gasteiger partial charge in [-0.2, -0.15) is 0 Å². The number of nitrogens with zero attached hydrogens (tertiary/aromatic N) is 1. The summed E-state index contributed by atoms with van der Waals surface area (Å²) in [4.78, 5) is 16.6. The second kappa shape index (κ2) is 6.75. The lowest BCUT2D eigenvalue weighted by atomic mass is 9.92. The van der Waals surface area contributed by atoms with Crippen LogP contribution in [0.3, 0.4) is 0 Å². The minimum Gasteiger partial charge on any atom is -0.313 e. The van der Waals surface area contributed by atoms with Crippen molar-refractivity contribution in [2.75, 3.05) is 0 Å². The monoisotopic (exact) mass is 329 g/mol. The van der Waals surface area contributed by atoms with Crippen LogP contribution in [0.1, 0.15) is 27.9 Å². The van der Waals surface area contributed by atoms with Gasteiger partial charge < -0.3 is 4.84 Å². The molecule has 0 spiro atoms. The van der Waals surface area contributed by atoms with Gasteiger partial charge in [-0.3, -0.25) is 0 Å². The number of fused-ring (bicyclic) bond motifs is 1. The van der Waals surface area contributed by atoms with Gasteiger partial charge in [0, 0.05) is 0 Å². The summed E-state index contributed by atoms with van der Waals surface area (Å²) in [6.45, 7) is 0. The summed E-state index contributed by atoms with van der Waals surface area (Å²) in [5.74, 6) is -1.06. The van der Waals surface area contributed by atoms with Crippen LogP contribution in [0.25, 0.3) is 5.03 Å². The zero-order chi connectivity index (χ0) is 16.2. The molecule has 0 radical (unpaired) electrons. The Morgan fingerprint density at radius 2 is 1.87 bits per heavy atom. The number of halogens is 2. The van der Waals surface area contributed by atoms with Crippen molar-refractivity contribution < 1.29 is 14.0 Å². The third-order valence-corrected chi connectivity index (χ3v) is 4.07. The van der Waals surface area contributed by atoms with E-state index < -0.39 is 11.8 Å². The lowest BCUT2D eigenvalue weighted by Crippen LogP contribution is -2.05. The number of hydrogen-bond acceptors (Lipinski definition) is 3. The largest absolute Gasteiger partial charge is 0.365 e. The number of oxime groups is 1. The van der Waals surface area contributed by atoms with E-state index in [0.717, 1.165) is 24.0 Å². The Balaban J connectivity index is 1.71. The van der Waals surface area contributed by atoms with Crippen molar-refractivity contribution in [1.29, 1.82) is 0 Å². The lowest BCUT2D eigenvalue weighted by Gasteiger charge is -2.16. The van der Waals surface area contributed by atoms with Crippen molar-refractivity contribution in [2.45, 2.75) is 12.8 Å². The average Bonchev–Trinajstić information content (AvgIpc) is 2.57. The van der Waals surface area contributed by atoms with Gasteiger partial charge in [-0.25, -0.2) is 9.18 Å². The number of hydrogen-bond donors (Lipinski definition) is 0. The van der Waals surface area contributed by atoms with Crippen LogP contribution in [-0.2, 0) is 11.3 Å². The van der Waals surface area contributed by atoms with Crippen LogP contribution in [0.4, 0.5) is 4.39 Å². The van der Waals surface area contributed by atoms with E-state index in [2.05, 4.69) is 5.16 Å². The van der Waals surface area contributed by atoms with Crippen molar-refractivity contribution in [3.05, 3.63) is 76.6 Å². The highest BCUT2D eigenvalue weighted by molar-refractivity contribution is 6.50. The quantitative estimate of drug-likeness (QED) is 0.470.